The lowest BCUT2D eigenvalue weighted by molar-refractivity contribution is 0.0141. The van der Waals surface area contributed by atoms with Crippen molar-refractivity contribution in [1.29, 1.82) is 5.26 Å². The van der Waals surface area contributed by atoms with Crippen LogP contribution < -0.4 is 9.47 Å². The van der Waals surface area contributed by atoms with Crippen LogP contribution in [0.1, 0.15) is 11.3 Å². The molecule has 0 bridgehead atoms. The number of halogens is 1. The maximum absolute atomic E-state index is 8.85. The van der Waals surface area contributed by atoms with Gasteiger partial charge in [0, 0.05) is 41.9 Å². The first-order valence-corrected chi connectivity index (χ1v) is 8.05. The monoisotopic (exact) mass is 373 g/mol. The van der Waals surface area contributed by atoms with Gasteiger partial charge in [0.1, 0.15) is 29.4 Å². The number of nitriles is 1. The highest BCUT2D eigenvalue weighted by Crippen LogP contribution is 2.27. The third kappa shape index (κ3) is 3.81. The minimum absolute atomic E-state index is 0.141. The van der Waals surface area contributed by atoms with Crippen LogP contribution in [0.15, 0.2) is 41.0 Å². The molecule has 0 N–H and O–H groups in total. The summed E-state index contributed by atoms with van der Waals surface area (Å²) in [6, 6.07) is 11.5. The Hall–Kier alpha value is -2.10. The van der Waals surface area contributed by atoms with Crippen LogP contribution in [0.2, 0.25) is 0 Å². The number of pyridine rings is 1. The minimum Gasteiger partial charge on any atom is -0.496 e. The highest BCUT2D eigenvalue weighted by Gasteiger charge is 2.29. The quantitative estimate of drug-likeness (QED) is 0.806. The second kappa shape index (κ2) is 6.99. The van der Waals surface area contributed by atoms with Crippen LogP contribution in [-0.2, 0) is 6.54 Å². The summed E-state index contributed by atoms with van der Waals surface area (Å²) in [7, 11) is 1.69. The van der Waals surface area contributed by atoms with E-state index in [1.807, 2.05) is 18.2 Å². The number of ether oxygens (including phenoxy) is 2. The molecule has 3 rings (SSSR count). The van der Waals surface area contributed by atoms with Crippen LogP contribution in [0, 0.1) is 11.3 Å². The second-order valence-electron chi connectivity index (χ2n) is 5.38. The molecular weight excluding hydrogens is 358 g/mol. The first-order chi connectivity index (χ1) is 11.2. The van der Waals surface area contributed by atoms with Crippen molar-refractivity contribution in [2.75, 3.05) is 20.2 Å². The topological polar surface area (TPSA) is 58.4 Å². The SMILES string of the molecule is COc1ccc(Br)cc1CN1CC(Oc2ccnc(C#N)c2)C1. The fraction of sp³-hybridized carbons (Fsp3) is 0.294. The fourth-order valence-electron chi connectivity index (χ4n) is 2.58. The molecule has 1 fully saturated rings. The number of hydrogen-bond acceptors (Lipinski definition) is 5. The van der Waals surface area contributed by atoms with Gasteiger partial charge >= 0.3 is 0 Å². The molecule has 1 aliphatic rings. The lowest BCUT2D eigenvalue weighted by Crippen LogP contribution is -2.53. The highest BCUT2D eigenvalue weighted by atomic mass is 79.9. The van der Waals surface area contributed by atoms with E-state index in [9.17, 15) is 0 Å². The lowest BCUT2D eigenvalue weighted by atomic mass is 10.1. The average molecular weight is 374 g/mol. The molecule has 2 aromatic rings. The van der Waals surface area contributed by atoms with Crippen molar-refractivity contribution >= 4 is 15.9 Å². The summed E-state index contributed by atoms with van der Waals surface area (Å²) in [6.45, 7) is 2.52. The largest absolute Gasteiger partial charge is 0.496 e. The number of hydrogen-bond donors (Lipinski definition) is 0. The Balaban J connectivity index is 1.55. The van der Waals surface area contributed by atoms with Crippen LogP contribution in [0.25, 0.3) is 0 Å². The molecule has 0 saturated carbocycles. The van der Waals surface area contributed by atoms with Gasteiger partial charge in [0.05, 0.1) is 7.11 Å². The van der Waals surface area contributed by atoms with Crippen LogP contribution in [0.3, 0.4) is 0 Å². The number of aromatic nitrogens is 1. The molecule has 1 aliphatic heterocycles. The molecule has 118 valence electrons. The maximum Gasteiger partial charge on any atom is 0.144 e. The summed E-state index contributed by atoms with van der Waals surface area (Å²) in [5, 5.41) is 8.85. The molecule has 2 heterocycles. The van der Waals surface area contributed by atoms with E-state index in [-0.39, 0.29) is 6.10 Å². The average Bonchev–Trinajstić information content (AvgIpc) is 2.53. The molecule has 1 aromatic heterocycles. The molecule has 1 saturated heterocycles. The number of nitrogens with zero attached hydrogens (tertiary/aromatic N) is 3. The minimum atomic E-state index is 0.141. The molecular formula is C17H16BrN3O2. The van der Waals surface area contributed by atoms with Gasteiger partial charge in [-0.1, -0.05) is 15.9 Å². The Morgan fingerprint density at radius 1 is 1.35 bits per heavy atom. The molecule has 23 heavy (non-hydrogen) atoms. The molecule has 1 aromatic carbocycles. The third-order valence-electron chi connectivity index (χ3n) is 3.71. The van der Waals surface area contributed by atoms with Gasteiger partial charge in [-0.3, -0.25) is 4.90 Å². The van der Waals surface area contributed by atoms with E-state index >= 15 is 0 Å². The molecule has 0 unspecified atom stereocenters. The molecule has 0 radical (unpaired) electrons. The molecule has 0 atom stereocenters. The van der Waals surface area contributed by atoms with Crippen molar-refractivity contribution in [3.05, 3.63) is 52.3 Å². The van der Waals surface area contributed by atoms with E-state index < -0.39 is 0 Å². The molecule has 0 amide bonds. The Labute approximate surface area is 143 Å². The van der Waals surface area contributed by atoms with Crippen LogP contribution in [0.5, 0.6) is 11.5 Å². The normalized spacial score (nSPS) is 14.8. The zero-order valence-corrected chi connectivity index (χ0v) is 14.3. The van der Waals surface area contributed by atoms with E-state index in [0.29, 0.717) is 11.4 Å². The Morgan fingerprint density at radius 2 is 2.17 bits per heavy atom. The number of rotatable bonds is 5. The standard InChI is InChI=1S/C17H16BrN3O2/c1-22-17-3-2-13(18)6-12(17)9-21-10-16(11-21)23-15-4-5-20-14(7-15)8-19/h2-7,16H,9-11H2,1H3. The van der Waals surface area contributed by atoms with Gasteiger partial charge in [0.2, 0.25) is 0 Å². The molecule has 0 aliphatic carbocycles. The number of benzene rings is 1. The van der Waals surface area contributed by atoms with Gasteiger partial charge in [-0.25, -0.2) is 4.98 Å². The third-order valence-corrected chi connectivity index (χ3v) is 4.20. The highest BCUT2D eigenvalue weighted by molar-refractivity contribution is 9.10. The first-order valence-electron chi connectivity index (χ1n) is 7.25. The Morgan fingerprint density at radius 3 is 2.91 bits per heavy atom. The van der Waals surface area contributed by atoms with E-state index in [1.165, 1.54) is 0 Å². The van der Waals surface area contributed by atoms with Crippen molar-refractivity contribution in [2.45, 2.75) is 12.6 Å². The van der Waals surface area contributed by atoms with Crippen molar-refractivity contribution in [3.8, 4) is 17.6 Å². The second-order valence-corrected chi connectivity index (χ2v) is 6.29. The summed E-state index contributed by atoms with van der Waals surface area (Å²) < 4.78 is 12.3. The Bertz CT molecular complexity index is 739. The van der Waals surface area contributed by atoms with Gasteiger partial charge in [-0.2, -0.15) is 5.26 Å². The number of likely N-dealkylation sites (tertiary alicyclic amines) is 1. The smallest absolute Gasteiger partial charge is 0.144 e. The summed E-state index contributed by atoms with van der Waals surface area (Å²) in [4.78, 5) is 6.23. The van der Waals surface area contributed by atoms with E-state index in [1.54, 1.807) is 25.4 Å². The predicted molar refractivity (Wildman–Crippen MR) is 89.3 cm³/mol. The van der Waals surface area contributed by atoms with Crippen LogP contribution in [0.4, 0.5) is 0 Å². The van der Waals surface area contributed by atoms with Crippen molar-refractivity contribution in [3.63, 3.8) is 0 Å². The van der Waals surface area contributed by atoms with Gasteiger partial charge < -0.3 is 9.47 Å². The zero-order valence-electron chi connectivity index (χ0n) is 12.7. The Kier molecular flexibility index (Phi) is 4.79. The fourth-order valence-corrected chi connectivity index (χ4v) is 2.98. The first kappa shape index (κ1) is 15.8. The molecule has 6 heteroatoms. The van der Waals surface area contributed by atoms with E-state index in [0.717, 1.165) is 35.4 Å². The van der Waals surface area contributed by atoms with Crippen LogP contribution >= 0.6 is 15.9 Å². The molecule has 0 spiro atoms. The van der Waals surface area contributed by atoms with Crippen LogP contribution in [-0.4, -0.2) is 36.2 Å². The molecule has 5 nitrogen and oxygen atoms in total. The summed E-state index contributed by atoms with van der Waals surface area (Å²) in [6.07, 6.45) is 1.73. The summed E-state index contributed by atoms with van der Waals surface area (Å²) >= 11 is 3.49. The van der Waals surface area contributed by atoms with Gasteiger partial charge in [0.15, 0.2) is 0 Å². The maximum atomic E-state index is 8.85. The van der Waals surface area contributed by atoms with Crippen molar-refractivity contribution < 1.29 is 9.47 Å². The number of methoxy groups -OCH3 is 1. The summed E-state index contributed by atoms with van der Waals surface area (Å²) in [5.41, 5.74) is 1.52. The van der Waals surface area contributed by atoms with Gasteiger partial charge in [0.25, 0.3) is 0 Å². The predicted octanol–water partition coefficient (Wildman–Crippen LogP) is 2.99. The van der Waals surface area contributed by atoms with Crippen molar-refractivity contribution in [2.24, 2.45) is 0 Å². The zero-order chi connectivity index (χ0) is 16.2. The van der Waals surface area contributed by atoms with Gasteiger partial charge in [-0.15, -0.1) is 0 Å². The van der Waals surface area contributed by atoms with Gasteiger partial charge in [-0.05, 0) is 24.3 Å². The summed E-state index contributed by atoms with van der Waals surface area (Å²) in [5.74, 6) is 1.59. The van der Waals surface area contributed by atoms with E-state index in [4.69, 9.17) is 14.7 Å². The lowest BCUT2D eigenvalue weighted by Gasteiger charge is -2.39. The van der Waals surface area contributed by atoms with E-state index in [2.05, 4.69) is 31.9 Å². The van der Waals surface area contributed by atoms with Crippen molar-refractivity contribution in [1.82, 2.24) is 9.88 Å².